The smallest absolute Gasteiger partial charge is 0.270 e. The zero-order valence-electron chi connectivity index (χ0n) is 7.36. The minimum Gasteiger partial charge on any atom is -0.361 e. The first-order valence-corrected chi connectivity index (χ1v) is 3.97. The first-order valence-electron chi connectivity index (χ1n) is 3.97. The molecule has 0 saturated carbocycles. The van der Waals surface area contributed by atoms with E-state index in [0.29, 0.717) is 6.61 Å². The lowest BCUT2D eigenvalue weighted by atomic mass is 10.3. The second kappa shape index (κ2) is 4.43. The molecule has 0 spiro atoms. The summed E-state index contributed by atoms with van der Waals surface area (Å²) in [5.41, 5.74) is -0.166. The van der Waals surface area contributed by atoms with Crippen LogP contribution < -0.4 is 5.56 Å². The monoisotopic (exact) mass is 178 g/mol. The molecule has 0 bridgehead atoms. The number of ether oxygens (including phenoxy) is 1. The highest BCUT2D eigenvalue weighted by Crippen LogP contribution is 1.89. The van der Waals surface area contributed by atoms with Gasteiger partial charge in [-0.05, 0) is 19.1 Å². The Morgan fingerprint density at radius 1 is 1.69 bits per heavy atom. The molecule has 0 aliphatic rings. The summed E-state index contributed by atoms with van der Waals surface area (Å²) in [5, 5.41) is 8.56. The molecule has 68 valence electrons. The van der Waals surface area contributed by atoms with E-state index in [-0.39, 0.29) is 17.9 Å². The Labute approximate surface area is 76.0 Å². The van der Waals surface area contributed by atoms with Gasteiger partial charge in [0.15, 0.2) is 0 Å². The van der Waals surface area contributed by atoms with Gasteiger partial charge in [-0.2, -0.15) is 5.26 Å². The second-order valence-electron chi connectivity index (χ2n) is 2.43. The predicted molar refractivity (Wildman–Crippen MR) is 47.0 cm³/mol. The fourth-order valence-electron chi connectivity index (χ4n) is 0.913. The molecule has 1 rings (SSSR count). The second-order valence-corrected chi connectivity index (χ2v) is 2.43. The van der Waals surface area contributed by atoms with Gasteiger partial charge in [-0.25, -0.2) is 0 Å². The third kappa shape index (κ3) is 2.17. The minimum atomic E-state index is -0.307. The van der Waals surface area contributed by atoms with Crippen LogP contribution in [-0.4, -0.2) is 11.2 Å². The maximum atomic E-state index is 11.4. The van der Waals surface area contributed by atoms with Crippen molar-refractivity contribution < 1.29 is 4.74 Å². The molecule has 0 atom stereocenters. The highest BCUT2D eigenvalue weighted by Gasteiger charge is 2.00. The van der Waals surface area contributed by atoms with E-state index in [0.717, 1.165) is 0 Å². The Morgan fingerprint density at radius 3 is 3.08 bits per heavy atom. The SMILES string of the molecule is CCOCn1cccc(C#N)c1=O. The minimum absolute atomic E-state index is 0.141. The van der Waals surface area contributed by atoms with Crippen LogP contribution in [0.15, 0.2) is 23.1 Å². The van der Waals surface area contributed by atoms with Crippen molar-refractivity contribution in [1.82, 2.24) is 4.57 Å². The molecule has 0 amide bonds. The summed E-state index contributed by atoms with van der Waals surface area (Å²) in [4.78, 5) is 11.4. The zero-order valence-corrected chi connectivity index (χ0v) is 7.36. The Hall–Kier alpha value is -1.60. The van der Waals surface area contributed by atoms with E-state index < -0.39 is 0 Å². The molecule has 1 aromatic rings. The molecule has 4 heteroatoms. The molecule has 0 radical (unpaired) electrons. The third-order valence-corrected chi connectivity index (χ3v) is 1.58. The van der Waals surface area contributed by atoms with Crippen LogP contribution in [0.4, 0.5) is 0 Å². The summed E-state index contributed by atoms with van der Waals surface area (Å²) in [6.07, 6.45) is 1.60. The Balaban J connectivity index is 2.97. The van der Waals surface area contributed by atoms with Gasteiger partial charge in [0.1, 0.15) is 18.4 Å². The molecule has 1 heterocycles. The maximum Gasteiger partial charge on any atom is 0.270 e. The molecule has 0 N–H and O–H groups in total. The van der Waals surface area contributed by atoms with Crippen LogP contribution in [-0.2, 0) is 11.5 Å². The summed E-state index contributed by atoms with van der Waals surface area (Å²) in [6.45, 7) is 2.59. The molecule has 4 nitrogen and oxygen atoms in total. The first-order chi connectivity index (χ1) is 6.29. The van der Waals surface area contributed by atoms with E-state index in [1.807, 2.05) is 13.0 Å². The van der Waals surface area contributed by atoms with Crippen molar-refractivity contribution in [2.24, 2.45) is 0 Å². The van der Waals surface area contributed by atoms with Gasteiger partial charge in [0.05, 0.1) is 0 Å². The van der Waals surface area contributed by atoms with Crippen LogP contribution in [0.5, 0.6) is 0 Å². The van der Waals surface area contributed by atoms with E-state index in [1.54, 1.807) is 12.3 Å². The summed E-state index contributed by atoms with van der Waals surface area (Å²) in [5.74, 6) is 0. The summed E-state index contributed by atoms with van der Waals surface area (Å²) in [6, 6.07) is 4.97. The summed E-state index contributed by atoms with van der Waals surface area (Å²) in [7, 11) is 0. The van der Waals surface area contributed by atoms with Crippen molar-refractivity contribution in [2.75, 3.05) is 6.61 Å². The van der Waals surface area contributed by atoms with Crippen LogP contribution in [0.1, 0.15) is 12.5 Å². The summed E-state index contributed by atoms with van der Waals surface area (Å²) >= 11 is 0. The van der Waals surface area contributed by atoms with Crippen molar-refractivity contribution in [3.63, 3.8) is 0 Å². The molecule has 0 aliphatic heterocycles. The fraction of sp³-hybridized carbons (Fsp3) is 0.333. The standard InChI is InChI=1S/C9H10N2O2/c1-2-13-7-11-5-3-4-8(6-10)9(11)12/h3-5H,2,7H2,1H3. The van der Waals surface area contributed by atoms with E-state index in [1.165, 1.54) is 10.6 Å². The Morgan fingerprint density at radius 2 is 2.46 bits per heavy atom. The molecular formula is C9H10N2O2. The lowest BCUT2D eigenvalue weighted by molar-refractivity contribution is 0.0853. The Kier molecular flexibility index (Phi) is 3.23. The molecule has 0 unspecified atom stereocenters. The zero-order chi connectivity index (χ0) is 9.68. The van der Waals surface area contributed by atoms with Gasteiger partial charge in [0.2, 0.25) is 0 Å². The van der Waals surface area contributed by atoms with Crippen molar-refractivity contribution in [3.8, 4) is 6.07 Å². The Bertz CT molecular complexity index is 376. The van der Waals surface area contributed by atoms with Gasteiger partial charge < -0.3 is 4.74 Å². The lowest BCUT2D eigenvalue weighted by Gasteiger charge is -2.04. The van der Waals surface area contributed by atoms with Crippen molar-refractivity contribution in [3.05, 3.63) is 34.2 Å². The maximum absolute atomic E-state index is 11.4. The van der Waals surface area contributed by atoms with Gasteiger partial charge in [-0.3, -0.25) is 9.36 Å². The fourth-order valence-corrected chi connectivity index (χ4v) is 0.913. The summed E-state index contributed by atoms with van der Waals surface area (Å²) < 4.78 is 6.42. The number of pyridine rings is 1. The number of hydrogen-bond donors (Lipinski definition) is 0. The molecular weight excluding hydrogens is 168 g/mol. The van der Waals surface area contributed by atoms with Crippen molar-refractivity contribution >= 4 is 0 Å². The van der Waals surface area contributed by atoms with Crippen LogP contribution in [0.25, 0.3) is 0 Å². The van der Waals surface area contributed by atoms with Gasteiger partial charge in [-0.15, -0.1) is 0 Å². The molecule has 0 fully saturated rings. The average molecular weight is 178 g/mol. The van der Waals surface area contributed by atoms with E-state index in [4.69, 9.17) is 10.00 Å². The van der Waals surface area contributed by atoms with Gasteiger partial charge in [0.25, 0.3) is 5.56 Å². The predicted octanol–water partition coefficient (Wildman–Crippen LogP) is 0.714. The first kappa shape index (κ1) is 9.49. The van der Waals surface area contributed by atoms with Crippen LogP contribution in [0.2, 0.25) is 0 Å². The van der Waals surface area contributed by atoms with E-state index >= 15 is 0 Å². The number of nitrogens with zero attached hydrogens (tertiary/aromatic N) is 2. The normalized spacial score (nSPS) is 9.54. The number of aromatic nitrogens is 1. The van der Waals surface area contributed by atoms with E-state index in [2.05, 4.69) is 0 Å². The third-order valence-electron chi connectivity index (χ3n) is 1.58. The number of hydrogen-bond acceptors (Lipinski definition) is 3. The van der Waals surface area contributed by atoms with Gasteiger partial charge >= 0.3 is 0 Å². The van der Waals surface area contributed by atoms with Crippen molar-refractivity contribution in [1.29, 1.82) is 5.26 Å². The highest BCUT2D eigenvalue weighted by atomic mass is 16.5. The van der Waals surface area contributed by atoms with E-state index in [9.17, 15) is 4.79 Å². The molecule has 0 aliphatic carbocycles. The van der Waals surface area contributed by atoms with Crippen molar-refractivity contribution in [2.45, 2.75) is 13.7 Å². The molecule has 1 aromatic heterocycles. The van der Waals surface area contributed by atoms with Crippen LogP contribution in [0.3, 0.4) is 0 Å². The molecule has 0 aromatic carbocycles. The number of nitriles is 1. The van der Waals surface area contributed by atoms with Gasteiger partial charge in [0, 0.05) is 12.8 Å². The molecule has 0 saturated heterocycles. The van der Waals surface area contributed by atoms with Crippen LogP contribution in [0, 0.1) is 11.3 Å². The van der Waals surface area contributed by atoms with Crippen LogP contribution >= 0.6 is 0 Å². The lowest BCUT2D eigenvalue weighted by Crippen LogP contribution is -2.22. The van der Waals surface area contributed by atoms with Gasteiger partial charge in [-0.1, -0.05) is 0 Å². The quantitative estimate of drug-likeness (QED) is 0.685. The molecule has 13 heavy (non-hydrogen) atoms. The topological polar surface area (TPSA) is 55.0 Å². The highest BCUT2D eigenvalue weighted by molar-refractivity contribution is 5.24. The largest absolute Gasteiger partial charge is 0.361 e. The number of rotatable bonds is 3. The average Bonchev–Trinajstić information content (AvgIpc) is 2.16.